The summed E-state index contributed by atoms with van der Waals surface area (Å²) in [5.74, 6) is -0.945. The summed E-state index contributed by atoms with van der Waals surface area (Å²) in [4.78, 5) is 28.7. The van der Waals surface area contributed by atoms with E-state index in [1.165, 1.54) is 36.2 Å². The van der Waals surface area contributed by atoms with Crippen LogP contribution < -0.4 is 10.4 Å². The zero-order valence-corrected chi connectivity index (χ0v) is 12.4. The third kappa shape index (κ3) is 2.96. The number of hydrogen-bond donors (Lipinski definition) is 1. The van der Waals surface area contributed by atoms with Crippen LogP contribution in [-0.4, -0.2) is 17.5 Å². The molecule has 0 spiro atoms. The second kappa shape index (κ2) is 6.00. The van der Waals surface area contributed by atoms with Gasteiger partial charge in [-0.15, -0.1) is 0 Å². The van der Waals surface area contributed by atoms with Crippen LogP contribution in [0.4, 0.5) is 10.1 Å². The Morgan fingerprint density at radius 1 is 1.13 bits per heavy atom. The molecule has 2 aromatic rings. The van der Waals surface area contributed by atoms with E-state index in [0.29, 0.717) is 11.3 Å². The molecule has 0 fully saturated rings. The summed E-state index contributed by atoms with van der Waals surface area (Å²) < 4.78 is 13.1. The zero-order chi connectivity index (χ0) is 16.4. The van der Waals surface area contributed by atoms with Crippen molar-refractivity contribution in [2.24, 2.45) is 4.99 Å². The first-order chi connectivity index (χ1) is 11.1. The van der Waals surface area contributed by atoms with Crippen LogP contribution >= 0.6 is 0 Å². The number of nitrogens with one attached hydrogen (secondary N) is 1. The number of carbonyl (C=O) groups is 2. The van der Waals surface area contributed by atoms with Crippen LogP contribution in [0, 0.1) is 5.82 Å². The third-order valence-corrected chi connectivity index (χ3v) is 3.46. The summed E-state index contributed by atoms with van der Waals surface area (Å²) in [6.45, 7) is 1.37. The summed E-state index contributed by atoms with van der Waals surface area (Å²) in [6.07, 6.45) is 0. The van der Waals surface area contributed by atoms with Gasteiger partial charge in [-0.3, -0.25) is 15.0 Å². The van der Waals surface area contributed by atoms with Gasteiger partial charge in [0.1, 0.15) is 5.82 Å². The fourth-order valence-corrected chi connectivity index (χ4v) is 2.30. The number of amidine groups is 1. The summed E-state index contributed by atoms with van der Waals surface area (Å²) in [6, 6.07) is 13.6. The van der Waals surface area contributed by atoms with Gasteiger partial charge >= 0.3 is 0 Å². The molecular formula is C17H14FN3O2. The van der Waals surface area contributed by atoms with Crippen molar-refractivity contribution in [2.75, 3.05) is 5.01 Å². The van der Waals surface area contributed by atoms with Gasteiger partial charge in [0.25, 0.3) is 5.91 Å². The maximum atomic E-state index is 13.1. The summed E-state index contributed by atoms with van der Waals surface area (Å²) in [5, 5.41) is 1.22. The van der Waals surface area contributed by atoms with Crippen LogP contribution in [0.25, 0.3) is 0 Å². The normalized spacial score (nSPS) is 17.5. The molecule has 2 aromatic carbocycles. The molecule has 0 saturated carbocycles. The van der Waals surface area contributed by atoms with Crippen molar-refractivity contribution >= 4 is 23.2 Å². The second-order valence-electron chi connectivity index (χ2n) is 5.11. The van der Waals surface area contributed by atoms with E-state index < -0.39 is 11.9 Å². The maximum Gasteiger partial charge on any atom is 0.275 e. The Labute approximate surface area is 132 Å². The molecule has 0 aliphatic carbocycles. The number of carbonyl (C=O) groups excluding carboxylic acids is 2. The molecule has 5 nitrogen and oxygen atoms in total. The van der Waals surface area contributed by atoms with Crippen LogP contribution in [0.15, 0.2) is 59.6 Å². The molecule has 1 amide bonds. The maximum absolute atomic E-state index is 13.1. The lowest BCUT2D eigenvalue weighted by molar-refractivity contribution is -0.120. The van der Waals surface area contributed by atoms with E-state index in [2.05, 4.69) is 10.4 Å². The quantitative estimate of drug-likeness (QED) is 0.947. The molecule has 1 heterocycles. The fraction of sp³-hybridized carbons (Fsp3) is 0.118. The molecule has 1 aliphatic rings. The van der Waals surface area contributed by atoms with E-state index in [-0.39, 0.29) is 17.5 Å². The van der Waals surface area contributed by atoms with Crippen LogP contribution in [0.2, 0.25) is 0 Å². The number of benzene rings is 2. The van der Waals surface area contributed by atoms with E-state index in [1.54, 1.807) is 24.3 Å². The largest absolute Gasteiger partial charge is 0.291 e. The van der Waals surface area contributed by atoms with Gasteiger partial charge in [0.2, 0.25) is 0 Å². The summed E-state index contributed by atoms with van der Waals surface area (Å²) in [5.41, 5.74) is 3.82. The fourth-order valence-electron chi connectivity index (χ4n) is 2.30. The molecule has 0 bridgehead atoms. The molecule has 3 rings (SSSR count). The summed E-state index contributed by atoms with van der Waals surface area (Å²) in [7, 11) is 0. The first-order valence-corrected chi connectivity index (χ1v) is 7.06. The molecule has 23 heavy (non-hydrogen) atoms. The SMILES string of the molecule is CC(=O)C1=NC(c2ccccc2)C(=O)N(c2ccc(F)cc2)N1. The van der Waals surface area contributed by atoms with Gasteiger partial charge in [0.05, 0.1) is 5.69 Å². The first-order valence-electron chi connectivity index (χ1n) is 7.06. The van der Waals surface area contributed by atoms with Gasteiger partial charge in [-0.05, 0) is 29.8 Å². The van der Waals surface area contributed by atoms with Crippen molar-refractivity contribution in [3.05, 3.63) is 66.0 Å². The van der Waals surface area contributed by atoms with Gasteiger partial charge in [-0.1, -0.05) is 30.3 Å². The number of hydrogen-bond acceptors (Lipinski definition) is 4. The molecule has 1 atom stereocenters. The lowest BCUT2D eigenvalue weighted by atomic mass is 10.1. The highest BCUT2D eigenvalue weighted by molar-refractivity contribution is 6.39. The number of amides is 1. The van der Waals surface area contributed by atoms with E-state index in [9.17, 15) is 14.0 Å². The van der Waals surface area contributed by atoms with Crippen LogP contribution in [0.5, 0.6) is 0 Å². The monoisotopic (exact) mass is 311 g/mol. The van der Waals surface area contributed by atoms with E-state index in [1.807, 2.05) is 6.07 Å². The van der Waals surface area contributed by atoms with Crippen LogP contribution in [-0.2, 0) is 9.59 Å². The average Bonchev–Trinajstić information content (AvgIpc) is 2.56. The predicted octanol–water partition coefficient (Wildman–Crippen LogP) is 2.41. The van der Waals surface area contributed by atoms with Gasteiger partial charge in [0.15, 0.2) is 17.7 Å². The molecule has 6 heteroatoms. The number of rotatable bonds is 3. The minimum atomic E-state index is -0.818. The average molecular weight is 311 g/mol. The minimum Gasteiger partial charge on any atom is -0.291 e. The predicted molar refractivity (Wildman–Crippen MR) is 84.3 cm³/mol. The van der Waals surface area contributed by atoms with E-state index in [4.69, 9.17) is 0 Å². The van der Waals surface area contributed by atoms with Gasteiger partial charge in [0, 0.05) is 6.92 Å². The molecule has 0 aromatic heterocycles. The van der Waals surface area contributed by atoms with Crippen molar-refractivity contribution in [3.63, 3.8) is 0 Å². The van der Waals surface area contributed by atoms with Crippen molar-refractivity contribution in [3.8, 4) is 0 Å². The third-order valence-electron chi connectivity index (χ3n) is 3.46. The van der Waals surface area contributed by atoms with Crippen LogP contribution in [0.3, 0.4) is 0 Å². The Balaban J connectivity index is 2.03. The first kappa shape index (κ1) is 14.9. The Bertz CT molecular complexity index is 772. The van der Waals surface area contributed by atoms with Gasteiger partial charge in [-0.25, -0.2) is 14.4 Å². The highest BCUT2D eigenvalue weighted by Crippen LogP contribution is 2.26. The lowest BCUT2D eigenvalue weighted by Crippen LogP contribution is -2.54. The number of nitrogens with zero attached hydrogens (tertiary/aromatic N) is 2. The molecule has 1 N–H and O–H groups in total. The second-order valence-corrected chi connectivity index (χ2v) is 5.11. The smallest absolute Gasteiger partial charge is 0.275 e. The van der Waals surface area contributed by atoms with Crippen molar-refractivity contribution in [2.45, 2.75) is 13.0 Å². The van der Waals surface area contributed by atoms with E-state index in [0.717, 1.165) is 0 Å². The number of anilines is 1. The highest BCUT2D eigenvalue weighted by atomic mass is 19.1. The number of hydrazine groups is 1. The van der Waals surface area contributed by atoms with E-state index >= 15 is 0 Å². The Kier molecular flexibility index (Phi) is 3.89. The molecule has 1 unspecified atom stereocenters. The van der Waals surface area contributed by atoms with Crippen LogP contribution in [0.1, 0.15) is 18.5 Å². The standard InChI is InChI=1S/C17H14FN3O2/c1-11(22)16-19-15(12-5-3-2-4-6-12)17(23)21(20-16)14-9-7-13(18)8-10-14/h2-10,15H,1H3,(H,19,20). The highest BCUT2D eigenvalue weighted by Gasteiger charge is 2.33. The van der Waals surface area contributed by atoms with Gasteiger partial charge < -0.3 is 0 Å². The Hall–Kier alpha value is -3.02. The molecule has 116 valence electrons. The molecule has 1 aliphatic heterocycles. The topological polar surface area (TPSA) is 61.8 Å². The van der Waals surface area contributed by atoms with Crippen molar-refractivity contribution < 1.29 is 14.0 Å². The Morgan fingerprint density at radius 2 is 1.78 bits per heavy atom. The zero-order valence-electron chi connectivity index (χ0n) is 12.4. The number of halogens is 1. The molecular weight excluding hydrogens is 297 g/mol. The van der Waals surface area contributed by atoms with Gasteiger partial charge in [-0.2, -0.15) is 0 Å². The number of Topliss-reactive ketones (excluding diaryl/α,β-unsaturated/α-hetero) is 1. The van der Waals surface area contributed by atoms with Crippen molar-refractivity contribution in [1.29, 1.82) is 0 Å². The summed E-state index contributed by atoms with van der Waals surface area (Å²) >= 11 is 0. The lowest BCUT2D eigenvalue weighted by Gasteiger charge is -2.31. The van der Waals surface area contributed by atoms with Crippen molar-refractivity contribution in [1.82, 2.24) is 5.43 Å². The number of ketones is 1. The molecule has 0 radical (unpaired) electrons. The number of aliphatic imine (C=N–C) groups is 1. The Morgan fingerprint density at radius 3 is 2.39 bits per heavy atom. The molecule has 0 saturated heterocycles. The minimum absolute atomic E-state index is 0.0859.